The van der Waals surface area contributed by atoms with E-state index in [2.05, 4.69) is 30.7 Å². The van der Waals surface area contributed by atoms with Gasteiger partial charge in [0.05, 0.1) is 0 Å². The predicted octanol–water partition coefficient (Wildman–Crippen LogP) is 6.95. The largest absolute Gasteiger partial charge is 0.359 e. The van der Waals surface area contributed by atoms with E-state index in [1.165, 1.54) is 96.3 Å². The van der Waals surface area contributed by atoms with Crippen molar-refractivity contribution < 1.29 is 0 Å². The Morgan fingerprint density at radius 1 is 0.458 bits per heavy atom. The average molecular weight is 332 g/mol. The first-order valence-electron chi connectivity index (χ1n) is 10.6. The molecule has 0 fully saturated rings. The van der Waals surface area contributed by atoms with Crippen LogP contribution in [0.2, 0.25) is 0 Å². The molecule has 0 spiro atoms. The van der Waals surface area contributed by atoms with Crippen molar-refractivity contribution in [3.63, 3.8) is 0 Å². The van der Waals surface area contributed by atoms with Crippen molar-refractivity contribution in [3.05, 3.63) is 0 Å². The lowest BCUT2D eigenvalue weighted by Gasteiger charge is -1.99. The van der Waals surface area contributed by atoms with Crippen molar-refractivity contribution in [1.29, 1.82) is 0 Å². The Morgan fingerprint density at radius 2 is 0.792 bits per heavy atom. The summed E-state index contributed by atoms with van der Waals surface area (Å²) in [6.07, 6.45) is 23.5. The molecule has 1 heteroatoms. The molecular formula is C23H41N. The summed E-state index contributed by atoms with van der Waals surface area (Å²) in [6, 6.07) is 2.46. The maximum absolute atomic E-state index is 5.14. The van der Waals surface area contributed by atoms with Crippen LogP contribution in [0.3, 0.4) is 0 Å². The van der Waals surface area contributed by atoms with E-state index in [4.69, 9.17) is 5.73 Å². The van der Waals surface area contributed by atoms with Crippen LogP contribution in [0.4, 0.5) is 0 Å². The standard InChI is InChI=1S/C23H41N/c1-2-3-4-5-6-7-8-9-10-11-12-13-14-15-16-17-18-19-20-21-22-23-24/h2-10,13-21,24H2,1H3. The van der Waals surface area contributed by atoms with E-state index in [1.807, 2.05) is 0 Å². The molecule has 0 aromatic heterocycles. The molecule has 0 bridgehead atoms. The second-order valence-electron chi connectivity index (χ2n) is 6.87. The summed E-state index contributed by atoms with van der Waals surface area (Å²) in [6.45, 7) is 2.28. The second-order valence-corrected chi connectivity index (χ2v) is 6.87. The van der Waals surface area contributed by atoms with Gasteiger partial charge >= 0.3 is 0 Å². The zero-order chi connectivity index (χ0) is 17.6. The Bertz CT molecular complexity index is 350. The molecule has 138 valence electrons. The van der Waals surface area contributed by atoms with E-state index in [9.17, 15) is 0 Å². The molecule has 0 rings (SSSR count). The Kier molecular flexibility index (Phi) is 20.9. The van der Waals surface area contributed by atoms with Gasteiger partial charge in [-0.1, -0.05) is 89.9 Å². The Morgan fingerprint density at radius 3 is 1.17 bits per heavy atom. The van der Waals surface area contributed by atoms with Gasteiger partial charge < -0.3 is 5.73 Å². The van der Waals surface area contributed by atoms with Gasteiger partial charge in [-0.15, -0.1) is 11.8 Å². The van der Waals surface area contributed by atoms with Crippen LogP contribution in [0.1, 0.15) is 122 Å². The summed E-state index contributed by atoms with van der Waals surface area (Å²) >= 11 is 0. The monoisotopic (exact) mass is 331 g/mol. The predicted molar refractivity (Wildman–Crippen MR) is 109 cm³/mol. The summed E-state index contributed by atoms with van der Waals surface area (Å²) in [5, 5.41) is 0. The molecule has 0 unspecified atom stereocenters. The van der Waals surface area contributed by atoms with Crippen molar-refractivity contribution >= 4 is 0 Å². The fraction of sp³-hybridized carbons (Fsp3) is 0.826. The van der Waals surface area contributed by atoms with Crippen LogP contribution >= 0.6 is 0 Å². The van der Waals surface area contributed by atoms with Crippen LogP contribution in [0.25, 0.3) is 0 Å². The molecule has 0 aromatic rings. The first-order valence-corrected chi connectivity index (χ1v) is 10.6. The second kappa shape index (κ2) is 21.9. The van der Waals surface area contributed by atoms with E-state index >= 15 is 0 Å². The number of unbranched alkanes of at least 4 members (excludes halogenated alkanes) is 16. The van der Waals surface area contributed by atoms with Crippen LogP contribution in [0.15, 0.2) is 0 Å². The third-order valence-electron chi connectivity index (χ3n) is 4.49. The molecule has 1 nitrogen and oxygen atoms in total. The summed E-state index contributed by atoms with van der Waals surface area (Å²) in [7, 11) is 0. The minimum atomic E-state index is 0.963. The molecule has 2 N–H and O–H groups in total. The maximum atomic E-state index is 5.14. The van der Waals surface area contributed by atoms with Gasteiger partial charge in [-0.05, 0) is 19.3 Å². The lowest BCUT2D eigenvalue weighted by Crippen LogP contribution is -1.82. The summed E-state index contributed by atoms with van der Waals surface area (Å²) in [4.78, 5) is 0. The van der Waals surface area contributed by atoms with Gasteiger partial charge in [0.25, 0.3) is 0 Å². The molecule has 0 amide bonds. The molecule has 0 aliphatic rings. The highest BCUT2D eigenvalue weighted by Gasteiger charge is 1.92. The zero-order valence-corrected chi connectivity index (χ0v) is 16.3. The molecule has 0 aromatic carbocycles. The SMILES string of the molecule is CCCCCCCCCCC#CCCCCCCCCCC#CN. The Balaban J connectivity index is 3.10. The number of hydrogen-bond acceptors (Lipinski definition) is 1. The first kappa shape index (κ1) is 22.9. The van der Waals surface area contributed by atoms with Gasteiger partial charge in [-0.25, -0.2) is 0 Å². The van der Waals surface area contributed by atoms with E-state index < -0.39 is 0 Å². The van der Waals surface area contributed by atoms with Crippen LogP contribution < -0.4 is 5.73 Å². The van der Waals surface area contributed by atoms with E-state index in [0.717, 1.165) is 19.3 Å². The molecule has 24 heavy (non-hydrogen) atoms. The van der Waals surface area contributed by atoms with Crippen LogP contribution in [0.5, 0.6) is 0 Å². The number of nitrogens with two attached hydrogens (primary N) is 1. The maximum Gasteiger partial charge on any atom is 0.0107 e. The highest BCUT2D eigenvalue weighted by atomic mass is 14.4. The molecular weight excluding hydrogens is 290 g/mol. The molecule has 0 aliphatic heterocycles. The minimum Gasteiger partial charge on any atom is -0.359 e. The van der Waals surface area contributed by atoms with Crippen LogP contribution in [-0.2, 0) is 0 Å². The normalized spacial score (nSPS) is 9.88. The summed E-state index contributed by atoms with van der Waals surface area (Å²) < 4.78 is 0. The lowest BCUT2D eigenvalue weighted by molar-refractivity contribution is 0.579. The lowest BCUT2D eigenvalue weighted by atomic mass is 10.1. The van der Waals surface area contributed by atoms with Crippen molar-refractivity contribution in [1.82, 2.24) is 0 Å². The molecule has 0 radical (unpaired) electrons. The fourth-order valence-electron chi connectivity index (χ4n) is 2.91. The highest BCUT2D eigenvalue weighted by molar-refractivity contribution is 4.98. The minimum absolute atomic E-state index is 0.963. The smallest absolute Gasteiger partial charge is 0.0107 e. The van der Waals surface area contributed by atoms with Gasteiger partial charge in [0.15, 0.2) is 0 Å². The first-order chi connectivity index (χ1) is 11.9. The van der Waals surface area contributed by atoms with Crippen molar-refractivity contribution in [2.45, 2.75) is 122 Å². The van der Waals surface area contributed by atoms with Gasteiger partial charge in [-0.2, -0.15) is 0 Å². The summed E-state index contributed by atoms with van der Waals surface area (Å²) in [5.41, 5.74) is 5.14. The Labute approximate surface area is 152 Å². The Hall–Kier alpha value is -1.08. The molecule has 0 saturated carbocycles. The third-order valence-corrected chi connectivity index (χ3v) is 4.49. The van der Waals surface area contributed by atoms with Crippen LogP contribution in [-0.4, -0.2) is 0 Å². The number of hydrogen-bond donors (Lipinski definition) is 1. The molecule has 0 heterocycles. The molecule has 0 aliphatic carbocycles. The van der Waals surface area contributed by atoms with Gasteiger partial charge in [0.2, 0.25) is 0 Å². The summed E-state index contributed by atoms with van der Waals surface area (Å²) in [5.74, 6) is 9.62. The van der Waals surface area contributed by atoms with Crippen molar-refractivity contribution in [3.8, 4) is 23.8 Å². The van der Waals surface area contributed by atoms with E-state index in [1.54, 1.807) is 0 Å². The van der Waals surface area contributed by atoms with Gasteiger partial charge in [0, 0.05) is 25.3 Å². The quantitative estimate of drug-likeness (QED) is 0.185. The highest BCUT2D eigenvalue weighted by Crippen LogP contribution is 2.10. The van der Waals surface area contributed by atoms with E-state index in [-0.39, 0.29) is 0 Å². The van der Waals surface area contributed by atoms with Crippen molar-refractivity contribution in [2.24, 2.45) is 5.73 Å². The fourth-order valence-corrected chi connectivity index (χ4v) is 2.91. The zero-order valence-electron chi connectivity index (χ0n) is 16.3. The van der Waals surface area contributed by atoms with E-state index in [0.29, 0.717) is 0 Å². The van der Waals surface area contributed by atoms with Gasteiger partial charge in [0.1, 0.15) is 0 Å². The van der Waals surface area contributed by atoms with Crippen LogP contribution in [0, 0.1) is 23.8 Å². The van der Waals surface area contributed by atoms with Crippen molar-refractivity contribution in [2.75, 3.05) is 0 Å². The average Bonchev–Trinajstić information content (AvgIpc) is 2.60. The topological polar surface area (TPSA) is 26.0 Å². The third kappa shape index (κ3) is 20.9. The number of rotatable bonds is 16. The molecule has 0 saturated heterocycles. The molecule has 0 atom stereocenters. The van der Waals surface area contributed by atoms with Gasteiger partial charge in [-0.3, -0.25) is 0 Å².